The van der Waals surface area contributed by atoms with Gasteiger partial charge < -0.3 is 20.5 Å². The molecule has 7 nitrogen and oxygen atoms in total. The van der Waals surface area contributed by atoms with Gasteiger partial charge in [-0.3, -0.25) is 14.4 Å². The lowest BCUT2D eigenvalue weighted by Gasteiger charge is -2.36. The van der Waals surface area contributed by atoms with Gasteiger partial charge in [-0.25, -0.2) is 0 Å². The van der Waals surface area contributed by atoms with Gasteiger partial charge in [-0.1, -0.05) is 51.2 Å². The Kier molecular flexibility index (Phi) is 19.9. The van der Waals surface area contributed by atoms with E-state index in [1.165, 1.54) is 0 Å². The summed E-state index contributed by atoms with van der Waals surface area (Å²) in [5.41, 5.74) is -0.913. The minimum Gasteiger partial charge on any atom is -0.459 e. The molecule has 0 aliphatic carbocycles. The number of allylic oxidation sites excluding steroid dienone is 1. The second-order valence-electron chi connectivity index (χ2n) is 11.4. The number of hydrogen-bond donors (Lipinski definition) is 3. The molecule has 0 radical (unpaired) electrons. The van der Waals surface area contributed by atoms with Crippen LogP contribution in [0.4, 0.5) is 0 Å². The van der Waals surface area contributed by atoms with Crippen molar-refractivity contribution in [3.63, 3.8) is 0 Å². The van der Waals surface area contributed by atoms with Crippen molar-refractivity contribution in [2.24, 2.45) is 0 Å². The first-order valence-corrected chi connectivity index (χ1v) is 15.2. The van der Waals surface area contributed by atoms with Gasteiger partial charge in [0.1, 0.15) is 17.9 Å². The van der Waals surface area contributed by atoms with Crippen molar-refractivity contribution in [3.8, 4) is 0 Å². The maximum absolute atomic E-state index is 12.4. The van der Waals surface area contributed by atoms with Gasteiger partial charge in [0, 0.05) is 17.5 Å². The van der Waals surface area contributed by atoms with Gasteiger partial charge in [-0.05, 0) is 72.6 Å². The van der Waals surface area contributed by atoms with Crippen LogP contribution in [0.5, 0.6) is 0 Å². The smallest absolute Gasteiger partial charge is 0.321 e. The quantitative estimate of drug-likeness (QED) is 0.0616. The standard InChI is InChI=1S/C29H52Cl2N2O5/c1-6-7-14-18-24(38-27(37)21-31)23(34)17-15-12-10-8-9-11-13-16-19-25(35)32-28(2,3)22-29(4,5)33-26(36)20-30/h12,15,23-24,34H,6-11,13-14,16-22H2,1-5H3,(H,32,35)(H,33,36)/b15-12-. The van der Waals surface area contributed by atoms with Gasteiger partial charge in [0.2, 0.25) is 11.8 Å². The fourth-order valence-electron chi connectivity index (χ4n) is 4.75. The highest BCUT2D eigenvalue weighted by Gasteiger charge is 2.31. The Hall–Kier alpha value is -1.31. The van der Waals surface area contributed by atoms with E-state index in [1.54, 1.807) is 0 Å². The normalized spacial score (nSPS) is 13.8. The SMILES string of the molecule is CCCCCC(OC(=O)CCl)C(O)C/C=C\CCCCCCCC(=O)NC(C)(C)CC(C)(C)NC(=O)CCl. The first-order chi connectivity index (χ1) is 17.9. The molecule has 0 aromatic carbocycles. The zero-order chi connectivity index (χ0) is 29.0. The number of amides is 2. The molecule has 0 saturated carbocycles. The fraction of sp³-hybridized carbons (Fsp3) is 0.828. The van der Waals surface area contributed by atoms with Gasteiger partial charge in [-0.2, -0.15) is 0 Å². The lowest BCUT2D eigenvalue weighted by Crippen LogP contribution is -2.53. The number of halogens is 2. The number of unbranched alkanes of at least 4 members (excludes halogenated alkanes) is 7. The number of alkyl halides is 2. The topological polar surface area (TPSA) is 105 Å². The summed E-state index contributed by atoms with van der Waals surface area (Å²) in [5.74, 6) is -0.966. The summed E-state index contributed by atoms with van der Waals surface area (Å²) in [7, 11) is 0. The van der Waals surface area contributed by atoms with E-state index >= 15 is 0 Å². The number of rotatable bonds is 22. The van der Waals surface area contributed by atoms with Gasteiger partial charge in [-0.15, -0.1) is 23.2 Å². The number of esters is 1. The lowest BCUT2D eigenvalue weighted by molar-refractivity contribution is -0.152. The summed E-state index contributed by atoms with van der Waals surface area (Å²) < 4.78 is 5.32. The molecule has 38 heavy (non-hydrogen) atoms. The van der Waals surface area contributed by atoms with Crippen molar-refractivity contribution >= 4 is 41.0 Å². The summed E-state index contributed by atoms with van der Waals surface area (Å²) in [5, 5.41) is 16.4. The molecule has 0 fully saturated rings. The van der Waals surface area contributed by atoms with Crippen molar-refractivity contribution in [1.29, 1.82) is 0 Å². The van der Waals surface area contributed by atoms with Crippen LogP contribution in [0.25, 0.3) is 0 Å². The molecule has 0 aromatic heterocycles. The number of hydrogen-bond acceptors (Lipinski definition) is 5. The molecular formula is C29H52Cl2N2O5. The van der Waals surface area contributed by atoms with Crippen LogP contribution in [0.2, 0.25) is 0 Å². The third-order valence-corrected chi connectivity index (χ3v) is 6.65. The van der Waals surface area contributed by atoms with Crippen molar-refractivity contribution in [2.75, 3.05) is 11.8 Å². The molecule has 2 unspecified atom stereocenters. The second-order valence-corrected chi connectivity index (χ2v) is 11.9. The Balaban J connectivity index is 4.10. The number of ether oxygens (including phenoxy) is 1. The van der Waals surface area contributed by atoms with Gasteiger partial charge in [0.05, 0.1) is 6.10 Å². The molecule has 2 atom stereocenters. The zero-order valence-corrected chi connectivity index (χ0v) is 25.8. The van der Waals surface area contributed by atoms with E-state index < -0.39 is 29.3 Å². The molecule has 0 aliphatic rings. The molecule has 0 rings (SSSR count). The van der Waals surface area contributed by atoms with Crippen molar-refractivity contribution in [1.82, 2.24) is 10.6 Å². The van der Waals surface area contributed by atoms with Crippen LogP contribution in [-0.4, -0.2) is 57.9 Å². The molecule has 9 heteroatoms. The van der Waals surface area contributed by atoms with Gasteiger partial charge in [0.25, 0.3) is 0 Å². The largest absolute Gasteiger partial charge is 0.459 e. The first kappa shape index (κ1) is 36.7. The average molecular weight is 580 g/mol. The molecule has 0 bridgehead atoms. The van der Waals surface area contributed by atoms with E-state index in [9.17, 15) is 19.5 Å². The monoisotopic (exact) mass is 578 g/mol. The van der Waals surface area contributed by atoms with Gasteiger partial charge in [0.15, 0.2) is 0 Å². The Morgan fingerprint density at radius 2 is 1.45 bits per heavy atom. The molecule has 0 aromatic rings. The maximum atomic E-state index is 12.4. The minimum absolute atomic E-state index is 0.0284. The molecule has 222 valence electrons. The van der Waals surface area contributed by atoms with E-state index in [4.69, 9.17) is 27.9 Å². The summed E-state index contributed by atoms with van der Waals surface area (Å²) >= 11 is 11.1. The molecular weight excluding hydrogens is 527 g/mol. The van der Waals surface area contributed by atoms with Crippen molar-refractivity contribution in [3.05, 3.63) is 12.2 Å². The molecule has 2 amide bonds. The first-order valence-electron chi connectivity index (χ1n) is 14.1. The molecule has 0 spiro atoms. The third-order valence-electron chi connectivity index (χ3n) is 6.19. The molecule has 0 saturated heterocycles. The number of carbonyl (C=O) groups is 3. The fourth-order valence-corrected chi connectivity index (χ4v) is 4.88. The van der Waals surface area contributed by atoms with Crippen LogP contribution in [0.1, 0.15) is 118 Å². The van der Waals surface area contributed by atoms with Crippen LogP contribution in [-0.2, 0) is 19.1 Å². The molecule has 3 N–H and O–H groups in total. The van der Waals surface area contributed by atoms with Crippen molar-refractivity contribution < 1.29 is 24.2 Å². The summed E-state index contributed by atoms with van der Waals surface area (Å²) in [6.07, 6.45) is 14.0. The summed E-state index contributed by atoms with van der Waals surface area (Å²) in [4.78, 5) is 35.6. The number of aliphatic hydroxyl groups is 1. The minimum atomic E-state index is -0.720. The van der Waals surface area contributed by atoms with Crippen molar-refractivity contribution in [2.45, 2.75) is 141 Å². The highest BCUT2D eigenvalue weighted by molar-refractivity contribution is 6.27. The predicted molar refractivity (Wildman–Crippen MR) is 157 cm³/mol. The Morgan fingerprint density at radius 1 is 0.842 bits per heavy atom. The van der Waals surface area contributed by atoms with E-state index in [-0.39, 0.29) is 23.6 Å². The highest BCUT2D eigenvalue weighted by atomic mass is 35.5. The average Bonchev–Trinajstić information content (AvgIpc) is 2.82. The number of aliphatic hydroxyl groups excluding tert-OH is 1. The summed E-state index contributed by atoms with van der Waals surface area (Å²) in [6.45, 7) is 9.88. The van der Waals surface area contributed by atoms with E-state index in [2.05, 4.69) is 23.6 Å². The number of nitrogens with one attached hydrogen (secondary N) is 2. The van der Waals surface area contributed by atoms with E-state index in [0.29, 0.717) is 25.7 Å². The Morgan fingerprint density at radius 3 is 2.05 bits per heavy atom. The van der Waals surface area contributed by atoms with Crippen LogP contribution < -0.4 is 10.6 Å². The van der Waals surface area contributed by atoms with Crippen LogP contribution in [0, 0.1) is 0 Å². The highest BCUT2D eigenvalue weighted by Crippen LogP contribution is 2.21. The van der Waals surface area contributed by atoms with Gasteiger partial charge >= 0.3 is 5.97 Å². The third kappa shape index (κ3) is 19.7. The molecule has 0 heterocycles. The maximum Gasteiger partial charge on any atom is 0.321 e. The Bertz CT molecular complexity index is 713. The number of carbonyl (C=O) groups excluding carboxylic acids is 3. The zero-order valence-electron chi connectivity index (χ0n) is 24.3. The van der Waals surface area contributed by atoms with E-state index in [1.807, 2.05) is 33.8 Å². The Labute approximate surface area is 240 Å². The van der Waals surface area contributed by atoms with Crippen LogP contribution in [0.15, 0.2) is 12.2 Å². The summed E-state index contributed by atoms with van der Waals surface area (Å²) in [6, 6.07) is 0. The second kappa shape index (κ2) is 20.6. The predicted octanol–water partition coefficient (Wildman–Crippen LogP) is 6.17. The van der Waals surface area contributed by atoms with Crippen LogP contribution in [0.3, 0.4) is 0 Å². The van der Waals surface area contributed by atoms with Crippen LogP contribution >= 0.6 is 23.2 Å². The van der Waals surface area contributed by atoms with E-state index in [0.717, 1.165) is 57.8 Å². The lowest BCUT2D eigenvalue weighted by atomic mass is 9.86. The molecule has 0 aliphatic heterocycles.